The van der Waals surface area contributed by atoms with Crippen LogP contribution in [0.3, 0.4) is 0 Å². The molecule has 1 aromatic rings. The lowest BCUT2D eigenvalue weighted by atomic mass is 10.1. The number of benzene rings is 1. The summed E-state index contributed by atoms with van der Waals surface area (Å²) in [6, 6.07) is 8.66. The molecule has 126 valence electrons. The van der Waals surface area contributed by atoms with E-state index in [1.807, 2.05) is 12.1 Å². The van der Waals surface area contributed by atoms with Crippen molar-refractivity contribution in [1.29, 1.82) is 0 Å². The Bertz CT molecular complexity index is 449. The monoisotopic (exact) mass is 419 g/mol. The Balaban J connectivity index is 0.00000441. The maximum atomic E-state index is 5.24. The van der Waals surface area contributed by atoms with Crippen molar-refractivity contribution in [1.82, 2.24) is 10.6 Å². The lowest BCUT2D eigenvalue weighted by Crippen LogP contribution is -2.44. The highest BCUT2D eigenvalue weighted by Gasteiger charge is 2.09. The highest BCUT2D eigenvalue weighted by Crippen LogP contribution is 2.11. The van der Waals surface area contributed by atoms with E-state index >= 15 is 0 Å². The van der Waals surface area contributed by atoms with Crippen molar-refractivity contribution < 1.29 is 4.74 Å². The zero-order valence-electron chi connectivity index (χ0n) is 14.3. The van der Waals surface area contributed by atoms with Gasteiger partial charge in [-0.1, -0.05) is 38.1 Å². The molecule has 0 heterocycles. The number of rotatable bonds is 7. The zero-order valence-corrected chi connectivity index (χ0v) is 16.7. The summed E-state index contributed by atoms with van der Waals surface area (Å²) in [5, 5.41) is 6.74. The molecule has 0 aliphatic heterocycles. The third-order valence-corrected chi connectivity index (χ3v) is 3.53. The highest BCUT2D eigenvalue weighted by molar-refractivity contribution is 14.0. The van der Waals surface area contributed by atoms with E-state index in [1.165, 1.54) is 11.1 Å². The van der Waals surface area contributed by atoms with Crippen LogP contribution in [0, 0.1) is 5.92 Å². The highest BCUT2D eigenvalue weighted by atomic mass is 127. The van der Waals surface area contributed by atoms with E-state index in [0.717, 1.165) is 12.5 Å². The molecule has 2 N–H and O–H groups in total. The van der Waals surface area contributed by atoms with Crippen LogP contribution < -0.4 is 10.6 Å². The van der Waals surface area contributed by atoms with Gasteiger partial charge in [-0.2, -0.15) is 0 Å². The summed E-state index contributed by atoms with van der Waals surface area (Å²) in [5.41, 5.74) is 2.39. The Morgan fingerprint density at radius 1 is 1.18 bits per heavy atom. The molecule has 5 heteroatoms. The topological polar surface area (TPSA) is 45.7 Å². The molecule has 0 radical (unpaired) electrons. The summed E-state index contributed by atoms with van der Waals surface area (Å²) < 4.78 is 5.24. The molecule has 22 heavy (non-hydrogen) atoms. The lowest BCUT2D eigenvalue weighted by molar-refractivity contribution is 0.184. The second-order valence-corrected chi connectivity index (χ2v) is 5.57. The molecule has 0 spiro atoms. The van der Waals surface area contributed by atoms with Gasteiger partial charge >= 0.3 is 0 Å². The largest absolute Gasteiger partial charge is 0.380 e. The molecular weight excluding hydrogens is 389 g/mol. The first kappa shape index (κ1) is 21.2. The van der Waals surface area contributed by atoms with Crippen molar-refractivity contribution in [3.05, 3.63) is 35.4 Å². The second-order valence-electron chi connectivity index (χ2n) is 5.57. The Hall–Kier alpha value is -0.820. The van der Waals surface area contributed by atoms with Gasteiger partial charge in [-0.3, -0.25) is 0 Å². The maximum absolute atomic E-state index is 5.24. The van der Waals surface area contributed by atoms with Crippen molar-refractivity contribution in [3.8, 4) is 0 Å². The van der Waals surface area contributed by atoms with Gasteiger partial charge in [0.05, 0.1) is 13.2 Å². The number of hydrogen-bond donors (Lipinski definition) is 2. The smallest absolute Gasteiger partial charge is 0.191 e. The second kappa shape index (κ2) is 11.7. The molecule has 0 saturated heterocycles. The van der Waals surface area contributed by atoms with Crippen LogP contribution >= 0.6 is 24.0 Å². The minimum atomic E-state index is 0. The summed E-state index contributed by atoms with van der Waals surface area (Å²) in [7, 11) is 1.72. The normalized spacial score (nSPS) is 12.7. The molecule has 1 rings (SSSR count). The molecule has 0 fully saturated rings. The number of halogens is 1. The van der Waals surface area contributed by atoms with Crippen LogP contribution in [0.15, 0.2) is 29.3 Å². The Morgan fingerprint density at radius 2 is 1.82 bits per heavy atom. The first-order valence-electron chi connectivity index (χ1n) is 7.69. The van der Waals surface area contributed by atoms with Crippen LogP contribution in [0.1, 0.15) is 38.8 Å². The van der Waals surface area contributed by atoms with Crippen LogP contribution in [0.4, 0.5) is 0 Å². The molecule has 0 amide bonds. The Labute approximate surface area is 152 Å². The predicted octanol–water partition coefficient (Wildman–Crippen LogP) is 3.55. The predicted molar refractivity (Wildman–Crippen MR) is 105 cm³/mol. The van der Waals surface area contributed by atoms with Gasteiger partial charge < -0.3 is 15.4 Å². The lowest BCUT2D eigenvalue weighted by Gasteiger charge is -2.20. The third-order valence-electron chi connectivity index (χ3n) is 3.53. The minimum Gasteiger partial charge on any atom is -0.380 e. The van der Waals surface area contributed by atoms with Crippen LogP contribution in [0.25, 0.3) is 0 Å². The van der Waals surface area contributed by atoms with Crippen molar-refractivity contribution in [2.45, 2.75) is 46.9 Å². The Morgan fingerprint density at radius 3 is 2.36 bits per heavy atom. The number of methoxy groups -OCH3 is 1. The van der Waals surface area contributed by atoms with E-state index in [0.29, 0.717) is 25.1 Å². The van der Waals surface area contributed by atoms with Gasteiger partial charge in [0, 0.05) is 19.7 Å². The van der Waals surface area contributed by atoms with Crippen LogP contribution in [-0.2, 0) is 17.9 Å². The van der Waals surface area contributed by atoms with E-state index in [4.69, 9.17) is 4.74 Å². The summed E-state index contributed by atoms with van der Waals surface area (Å²) in [4.78, 5) is 4.69. The van der Waals surface area contributed by atoms with Crippen LogP contribution in [0.2, 0.25) is 0 Å². The summed E-state index contributed by atoms with van der Waals surface area (Å²) in [6.07, 6.45) is 0. The third kappa shape index (κ3) is 7.45. The fourth-order valence-corrected chi connectivity index (χ4v) is 1.87. The zero-order chi connectivity index (χ0) is 15.7. The van der Waals surface area contributed by atoms with Crippen molar-refractivity contribution in [2.24, 2.45) is 10.9 Å². The van der Waals surface area contributed by atoms with E-state index in [-0.39, 0.29) is 24.0 Å². The maximum Gasteiger partial charge on any atom is 0.191 e. The summed E-state index contributed by atoms with van der Waals surface area (Å²) >= 11 is 0. The van der Waals surface area contributed by atoms with Gasteiger partial charge in [-0.15, -0.1) is 24.0 Å². The first-order valence-corrected chi connectivity index (χ1v) is 7.69. The molecule has 1 atom stereocenters. The van der Waals surface area contributed by atoms with Gasteiger partial charge in [0.25, 0.3) is 0 Å². The molecule has 1 aromatic carbocycles. The fourth-order valence-electron chi connectivity index (χ4n) is 1.87. The summed E-state index contributed by atoms with van der Waals surface area (Å²) in [5.74, 6) is 1.43. The summed E-state index contributed by atoms with van der Waals surface area (Å²) in [6.45, 7) is 10.8. The quantitative estimate of drug-likeness (QED) is 0.404. The molecule has 1 unspecified atom stereocenters. The van der Waals surface area contributed by atoms with Crippen molar-refractivity contribution in [3.63, 3.8) is 0 Å². The average Bonchev–Trinajstić information content (AvgIpc) is 2.46. The number of ether oxygens (including phenoxy) is 1. The van der Waals surface area contributed by atoms with Gasteiger partial charge in [0.2, 0.25) is 0 Å². The van der Waals surface area contributed by atoms with Gasteiger partial charge in [0.1, 0.15) is 0 Å². The standard InChI is InChI=1S/C17H29N3O.HI/c1-6-18-17(20-14(4)13(2)3)19-11-15-9-7-8-10-16(15)12-21-5;/h7-10,13-14H,6,11-12H2,1-5H3,(H2,18,19,20);1H. The van der Waals surface area contributed by atoms with E-state index in [9.17, 15) is 0 Å². The Kier molecular flexibility index (Phi) is 11.3. The number of aliphatic imine (C=N–C) groups is 1. The van der Waals surface area contributed by atoms with Gasteiger partial charge in [-0.05, 0) is 30.9 Å². The minimum absolute atomic E-state index is 0. The van der Waals surface area contributed by atoms with Crippen LogP contribution in [-0.4, -0.2) is 25.7 Å². The molecule has 0 aliphatic carbocycles. The first-order chi connectivity index (χ1) is 10.1. The van der Waals surface area contributed by atoms with Crippen molar-refractivity contribution in [2.75, 3.05) is 13.7 Å². The fraction of sp³-hybridized carbons (Fsp3) is 0.588. The molecule has 0 bridgehead atoms. The van der Waals surface area contributed by atoms with Gasteiger partial charge in [-0.25, -0.2) is 4.99 Å². The van der Waals surface area contributed by atoms with Crippen molar-refractivity contribution >= 4 is 29.9 Å². The molecule has 0 aliphatic rings. The van der Waals surface area contributed by atoms with Crippen LogP contribution in [0.5, 0.6) is 0 Å². The SMILES string of the molecule is CCNC(=NCc1ccccc1COC)NC(C)C(C)C.I. The number of nitrogens with zero attached hydrogens (tertiary/aromatic N) is 1. The van der Waals surface area contributed by atoms with E-state index < -0.39 is 0 Å². The number of hydrogen-bond acceptors (Lipinski definition) is 2. The molecule has 0 aromatic heterocycles. The number of nitrogens with one attached hydrogen (secondary N) is 2. The number of guanidine groups is 1. The van der Waals surface area contributed by atoms with Gasteiger partial charge in [0.15, 0.2) is 5.96 Å². The van der Waals surface area contributed by atoms with E-state index in [1.54, 1.807) is 7.11 Å². The molecule has 4 nitrogen and oxygen atoms in total. The van der Waals surface area contributed by atoms with E-state index in [2.05, 4.69) is 55.5 Å². The molecular formula is C17H30IN3O. The molecule has 0 saturated carbocycles. The average molecular weight is 419 g/mol.